The van der Waals surface area contributed by atoms with Crippen LogP contribution >= 0.6 is 0 Å². The van der Waals surface area contributed by atoms with Gasteiger partial charge in [-0.1, -0.05) is 164 Å². The Labute approximate surface area is 343 Å². The van der Waals surface area contributed by atoms with Gasteiger partial charge in [0.05, 0.1) is 16.4 Å². The van der Waals surface area contributed by atoms with E-state index >= 15 is 0 Å². The highest BCUT2D eigenvalue weighted by Gasteiger charge is 2.46. The van der Waals surface area contributed by atoms with Crippen LogP contribution < -0.4 is 4.90 Å². The SMILES string of the molecule is c1ccc(-n2c3ccc(N(c4ccc5ccccc5c4)c4ccc5ccccc5c4)cc3c3cc(C4(c5ccccc5)c5ccccc5-c5ccccc54)ccc32)cc1. The van der Waals surface area contributed by atoms with E-state index in [0.29, 0.717) is 0 Å². The third-order valence-electron chi connectivity index (χ3n) is 12.6. The van der Waals surface area contributed by atoms with Crippen LogP contribution in [0.1, 0.15) is 22.3 Å². The average Bonchev–Trinajstić information content (AvgIpc) is 3.80. The highest BCUT2D eigenvalue weighted by molar-refractivity contribution is 6.11. The summed E-state index contributed by atoms with van der Waals surface area (Å²) >= 11 is 0. The van der Waals surface area contributed by atoms with E-state index in [2.05, 4.69) is 240 Å². The maximum absolute atomic E-state index is 2.49. The summed E-state index contributed by atoms with van der Waals surface area (Å²) in [6.07, 6.45) is 0. The van der Waals surface area contributed by atoms with Crippen LogP contribution in [0.25, 0.3) is 60.2 Å². The summed E-state index contributed by atoms with van der Waals surface area (Å²) in [6.45, 7) is 0. The molecule has 0 aliphatic heterocycles. The van der Waals surface area contributed by atoms with Crippen molar-refractivity contribution < 1.29 is 0 Å². The van der Waals surface area contributed by atoms with Crippen LogP contribution in [0.3, 0.4) is 0 Å². The molecule has 12 rings (SSSR count). The summed E-state index contributed by atoms with van der Waals surface area (Å²) in [5, 5.41) is 7.31. The first-order valence-corrected chi connectivity index (χ1v) is 20.4. The predicted octanol–water partition coefficient (Wildman–Crippen LogP) is 14.9. The van der Waals surface area contributed by atoms with Gasteiger partial charge in [-0.05, 0) is 122 Å². The van der Waals surface area contributed by atoms with Crippen LogP contribution in [-0.2, 0) is 5.41 Å². The van der Waals surface area contributed by atoms with Gasteiger partial charge >= 0.3 is 0 Å². The Hall–Kier alpha value is -7.68. The van der Waals surface area contributed by atoms with Crippen molar-refractivity contribution in [1.29, 1.82) is 0 Å². The van der Waals surface area contributed by atoms with E-state index in [9.17, 15) is 0 Å². The molecule has 0 bridgehead atoms. The summed E-state index contributed by atoms with van der Waals surface area (Å²) in [6, 6.07) is 85.0. The number of aromatic nitrogens is 1. The van der Waals surface area contributed by atoms with Gasteiger partial charge in [0.25, 0.3) is 0 Å². The second-order valence-electron chi connectivity index (χ2n) is 15.7. The van der Waals surface area contributed by atoms with Crippen molar-refractivity contribution in [3.63, 3.8) is 0 Å². The van der Waals surface area contributed by atoms with E-state index in [4.69, 9.17) is 0 Å². The lowest BCUT2D eigenvalue weighted by molar-refractivity contribution is 0.770. The topological polar surface area (TPSA) is 8.17 Å². The van der Waals surface area contributed by atoms with Gasteiger partial charge in [0, 0.05) is 33.5 Å². The minimum atomic E-state index is -0.496. The molecule has 2 heteroatoms. The van der Waals surface area contributed by atoms with E-state index in [0.717, 1.165) is 22.7 Å². The fraction of sp³-hybridized carbons (Fsp3) is 0.0175. The monoisotopic (exact) mass is 750 g/mol. The smallest absolute Gasteiger partial charge is 0.0713 e. The van der Waals surface area contributed by atoms with E-state index < -0.39 is 5.41 Å². The highest BCUT2D eigenvalue weighted by Crippen LogP contribution is 2.56. The van der Waals surface area contributed by atoms with E-state index in [1.165, 1.54) is 76.7 Å². The minimum Gasteiger partial charge on any atom is -0.310 e. The van der Waals surface area contributed by atoms with Crippen molar-refractivity contribution in [2.45, 2.75) is 5.41 Å². The Balaban J connectivity index is 1.15. The molecule has 0 radical (unpaired) electrons. The van der Waals surface area contributed by atoms with Gasteiger partial charge in [0.1, 0.15) is 0 Å². The fourth-order valence-electron chi connectivity index (χ4n) is 10.0. The van der Waals surface area contributed by atoms with E-state index in [1.807, 2.05) is 0 Å². The summed E-state index contributed by atoms with van der Waals surface area (Å²) in [5.74, 6) is 0. The first-order chi connectivity index (χ1) is 29.3. The summed E-state index contributed by atoms with van der Waals surface area (Å²) in [5.41, 5.74) is 14.1. The predicted molar refractivity (Wildman–Crippen MR) is 248 cm³/mol. The third-order valence-corrected chi connectivity index (χ3v) is 12.6. The Kier molecular flexibility index (Phi) is 7.48. The number of benzene rings is 10. The first-order valence-electron chi connectivity index (χ1n) is 20.4. The molecule has 11 aromatic rings. The number of para-hydroxylation sites is 1. The molecule has 0 fully saturated rings. The molecule has 0 saturated carbocycles. The van der Waals surface area contributed by atoms with Crippen LogP contribution in [0.2, 0.25) is 0 Å². The van der Waals surface area contributed by atoms with Crippen LogP contribution in [0, 0.1) is 0 Å². The molecular weight excluding hydrogens is 713 g/mol. The molecule has 2 nitrogen and oxygen atoms in total. The van der Waals surface area contributed by atoms with Crippen molar-refractivity contribution in [1.82, 2.24) is 4.57 Å². The van der Waals surface area contributed by atoms with Gasteiger partial charge in [0.2, 0.25) is 0 Å². The van der Waals surface area contributed by atoms with Crippen LogP contribution in [-0.4, -0.2) is 4.57 Å². The van der Waals surface area contributed by atoms with Crippen LogP contribution in [0.5, 0.6) is 0 Å². The average molecular weight is 751 g/mol. The summed E-state index contributed by atoms with van der Waals surface area (Å²) in [4.78, 5) is 2.42. The third kappa shape index (κ3) is 5.06. The Morgan fingerprint density at radius 3 is 1.39 bits per heavy atom. The van der Waals surface area contributed by atoms with Crippen molar-refractivity contribution in [2.24, 2.45) is 0 Å². The molecule has 0 amide bonds. The first kappa shape index (κ1) is 33.5. The molecule has 0 N–H and O–H groups in total. The molecule has 1 aliphatic carbocycles. The Morgan fingerprint density at radius 1 is 0.322 bits per heavy atom. The molecule has 10 aromatic carbocycles. The zero-order valence-electron chi connectivity index (χ0n) is 32.3. The number of rotatable bonds is 6. The number of hydrogen-bond donors (Lipinski definition) is 0. The minimum absolute atomic E-state index is 0.496. The second-order valence-corrected chi connectivity index (χ2v) is 15.7. The number of fused-ring (bicyclic) bond motifs is 8. The summed E-state index contributed by atoms with van der Waals surface area (Å²) in [7, 11) is 0. The number of hydrogen-bond acceptors (Lipinski definition) is 1. The standard InChI is InChI=1S/C57H38N2/c1-3-19-43(20-4-1)57(53-25-13-11-23-49(53)50-24-12-14-26-54(50)57)44-29-33-55-51(37-44)52-38-48(32-34-56(52)59(55)45-21-5-2-6-22-45)58(46-30-27-39-15-7-9-17-41(39)35-46)47-31-28-40-16-8-10-18-42(40)36-47/h1-38H. The summed E-state index contributed by atoms with van der Waals surface area (Å²) < 4.78 is 2.43. The van der Waals surface area contributed by atoms with Crippen molar-refractivity contribution >= 4 is 60.4 Å². The molecule has 0 spiro atoms. The van der Waals surface area contributed by atoms with Crippen LogP contribution in [0.15, 0.2) is 231 Å². The zero-order chi connectivity index (χ0) is 38.9. The number of anilines is 3. The largest absolute Gasteiger partial charge is 0.310 e. The molecule has 1 heterocycles. The quantitative estimate of drug-likeness (QED) is 0.164. The van der Waals surface area contributed by atoms with E-state index in [1.54, 1.807) is 0 Å². The van der Waals surface area contributed by atoms with Gasteiger partial charge in [-0.25, -0.2) is 0 Å². The van der Waals surface area contributed by atoms with Gasteiger partial charge in [-0.15, -0.1) is 0 Å². The molecule has 1 aromatic heterocycles. The highest BCUT2D eigenvalue weighted by atomic mass is 15.1. The molecule has 276 valence electrons. The fourth-order valence-corrected chi connectivity index (χ4v) is 10.0. The zero-order valence-corrected chi connectivity index (χ0v) is 32.3. The maximum Gasteiger partial charge on any atom is 0.0713 e. The van der Waals surface area contributed by atoms with Gasteiger partial charge < -0.3 is 9.47 Å². The molecule has 0 atom stereocenters. The van der Waals surface area contributed by atoms with Gasteiger partial charge in [-0.2, -0.15) is 0 Å². The normalized spacial score (nSPS) is 12.9. The molecule has 0 unspecified atom stereocenters. The van der Waals surface area contributed by atoms with Gasteiger partial charge in [-0.3, -0.25) is 0 Å². The second kappa shape index (κ2) is 13.2. The van der Waals surface area contributed by atoms with Crippen molar-refractivity contribution in [2.75, 3.05) is 4.90 Å². The van der Waals surface area contributed by atoms with Crippen LogP contribution in [0.4, 0.5) is 17.1 Å². The molecule has 0 saturated heterocycles. The van der Waals surface area contributed by atoms with E-state index in [-0.39, 0.29) is 0 Å². The lowest BCUT2D eigenvalue weighted by Gasteiger charge is -2.34. The van der Waals surface area contributed by atoms with Gasteiger partial charge in [0.15, 0.2) is 0 Å². The Morgan fingerprint density at radius 2 is 0.780 bits per heavy atom. The molecular formula is C57H38N2. The Bertz CT molecular complexity index is 3270. The van der Waals surface area contributed by atoms with Crippen molar-refractivity contribution in [3.8, 4) is 16.8 Å². The molecule has 59 heavy (non-hydrogen) atoms. The maximum atomic E-state index is 2.49. The molecule has 1 aliphatic rings. The number of nitrogens with zero attached hydrogens (tertiary/aromatic N) is 2. The lowest BCUT2D eigenvalue weighted by Crippen LogP contribution is -2.28. The van der Waals surface area contributed by atoms with Crippen molar-refractivity contribution in [3.05, 3.63) is 253 Å². The lowest BCUT2D eigenvalue weighted by atomic mass is 9.67.